The van der Waals surface area contributed by atoms with E-state index in [0.29, 0.717) is 24.4 Å². The van der Waals surface area contributed by atoms with E-state index in [1.807, 2.05) is 6.92 Å². The van der Waals surface area contributed by atoms with Crippen molar-refractivity contribution in [2.45, 2.75) is 85.7 Å². The molecule has 1 amide bonds. The van der Waals surface area contributed by atoms with Crippen LogP contribution in [-0.4, -0.2) is 30.5 Å². The number of carbonyl (C=O) groups excluding carboxylic acids is 2. The van der Waals surface area contributed by atoms with E-state index in [9.17, 15) is 9.59 Å². The van der Waals surface area contributed by atoms with Gasteiger partial charge in [-0.05, 0) is 86.5 Å². The highest BCUT2D eigenvalue weighted by molar-refractivity contribution is 6.00. The molecule has 0 heterocycles. The first kappa shape index (κ1) is 23.1. The van der Waals surface area contributed by atoms with Gasteiger partial charge >= 0.3 is 12.1 Å². The van der Waals surface area contributed by atoms with Crippen molar-refractivity contribution in [1.82, 2.24) is 5.43 Å². The Labute approximate surface area is 191 Å². The van der Waals surface area contributed by atoms with Crippen LogP contribution in [-0.2, 0) is 14.3 Å². The molecule has 1 N–H and O–H groups in total. The van der Waals surface area contributed by atoms with Crippen molar-refractivity contribution in [2.75, 3.05) is 6.61 Å². The largest absolute Gasteiger partial charge is 0.462 e. The molecular formula is C26H38N2O4. The number of hydrogen-bond donors (Lipinski definition) is 1. The molecule has 0 aromatic carbocycles. The van der Waals surface area contributed by atoms with Crippen LogP contribution in [0.3, 0.4) is 0 Å². The van der Waals surface area contributed by atoms with Crippen molar-refractivity contribution < 1.29 is 19.1 Å². The van der Waals surface area contributed by atoms with E-state index < -0.39 is 6.09 Å². The Kier molecular flexibility index (Phi) is 6.25. The Morgan fingerprint density at radius 1 is 1.09 bits per heavy atom. The Morgan fingerprint density at radius 3 is 2.56 bits per heavy atom. The van der Waals surface area contributed by atoms with Gasteiger partial charge in [0, 0.05) is 13.3 Å². The van der Waals surface area contributed by atoms with Crippen molar-refractivity contribution >= 4 is 17.8 Å². The second-order valence-electron chi connectivity index (χ2n) is 10.6. The lowest BCUT2D eigenvalue weighted by Gasteiger charge is -2.57. The molecule has 4 rings (SSSR count). The molecule has 0 bridgehead atoms. The summed E-state index contributed by atoms with van der Waals surface area (Å²) < 4.78 is 10.5. The molecule has 176 valence electrons. The summed E-state index contributed by atoms with van der Waals surface area (Å²) in [6, 6.07) is 0. The van der Waals surface area contributed by atoms with Gasteiger partial charge in [-0.1, -0.05) is 31.6 Å². The third-order valence-corrected chi connectivity index (χ3v) is 8.95. The molecule has 2 saturated carbocycles. The van der Waals surface area contributed by atoms with Gasteiger partial charge in [0.25, 0.3) is 0 Å². The number of rotatable bonds is 4. The summed E-state index contributed by atoms with van der Waals surface area (Å²) >= 11 is 0. The monoisotopic (exact) mass is 442 g/mol. The molecule has 0 spiro atoms. The van der Waals surface area contributed by atoms with E-state index in [1.54, 1.807) is 6.92 Å². The number of hydrogen-bond acceptors (Lipinski definition) is 5. The zero-order valence-corrected chi connectivity index (χ0v) is 20.2. The van der Waals surface area contributed by atoms with Crippen LogP contribution in [0.15, 0.2) is 28.4 Å². The van der Waals surface area contributed by atoms with Crippen molar-refractivity contribution in [3.63, 3.8) is 0 Å². The summed E-state index contributed by atoms with van der Waals surface area (Å²) in [5.74, 6) is 1.78. The van der Waals surface area contributed by atoms with Crippen molar-refractivity contribution in [2.24, 2.45) is 33.7 Å². The maximum absolute atomic E-state index is 11.7. The second-order valence-corrected chi connectivity index (χ2v) is 10.6. The van der Waals surface area contributed by atoms with Crippen molar-refractivity contribution in [3.05, 3.63) is 23.3 Å². The van der Waals surface area contributed by atoms with Crippen LogP contribution in [0.2, 0.25) is 0 Å². The van der Waals surface area contributed by atoms with Crippen LogP contribution in [0.1, 0.15) is 79.6 Å². The van der Waals surface area contributed by atoms with Gasteiger partial charge in [0.15, 0.2) is 0 Å². The number of esters is 1. The predicted octanol–water partition coefficient (Wildman–Crippen LogP) is 5.54. The second kappa shape index (κ2) is 8.68. The van der Waals surface area contributed by atoms with Gasteiger partial charge in [-0.2, -0.15) is 5.10 Å². The van der Waals surface area contributed by atoms with Gasteiger partial charge < -0.3 is 9.47 Å². The lowest BCUT2D eigenvalue weighted by Crippen LogP contribution is -2.50. The average Bonchev–Trinajstić information content (AvgIpc) is 3.09. The Morgan fingerprint density at radius 2 is 1.84 bits per heavy atom. The summed E-state index contributed by atoms with van der Waals surface area (Å²) in [5.41, 5.74) is 6.54. The first-order valence-corrected chi connectivity index (χ1v) is 12.2. The predicted molar refractivity (Wildman–Crippen MR) is 124 cm³/mol. The molecule has 4 aliphatic carbocycles. The highest BCUT2D eigenvalue weighted by atomic mass is 16.6. The first-order valence-electron chi connectivity index (χ1n) is 12.2. The minimum Gasteiger partial charge on any atom is -0.462 e. The van der Waals surface area contributed by atoms with Crippen molar-refractivity contribution in [3.8, 4) is 0 Å². The fourth-order valence-electron chi connectivity index (χ4n) is 7.44. The third kappa shape index (κ3) is 3.90. The number of ether oxygens (including phenoxy) is 2. The normalized spacial score (nSPS) is 38.5. The number of allylic oxidation sites excluding steroid dienone is 3. The fraction of sp³-hybridized carbons (Fsp3) is 0.731. The molecule has 0 saturated heterocycles. The van der Waals surface area contributed by atoms with Crippen molar-refractivity contribution in [1.29, 1.82) is 0 Å². The summed E-state index contributed by atoms with van der Waals surface area (Å²) in [6.45, 7) is 10.5. The molecule has 6 nitrogen and oxygen atoms in total. The minimum atomic E-state index is -0.502. The van der Waals surface area contributed by atoms with E-state index in [-0.39, 0.29) is 22.9 Å². The van der Waals surface area contributed by atoms with E-state index >= 15 is 0 Å². The standard InChI is InChI=1S/C26H38N2O4/c1-6-31-24(30)28-27-16(2)21-9-10-22-20-8-7-18-15-19(32-17(3)29)11-13-25(18,4)23(20)12-14-26(21,22)5/h7,9,19-20,22-23H,6,8,10-15H2,1-5H3,(H,28,30)/b27-16+/t19-,20-,22-,23-,25-,26+/m0/s1. The maximum Gasteiger partial charge on any atom is 0.427 e. The number of carbonyl (C=O) groups is 2. The fourth-order valence-corrected chi connectivity index (χ4v) is 7.44. The topological polar surface area (TPSA) is 77.0 Å². The molecule has 6 heteroatoms. The SMILES string of the molecule is CCOC(=O)N/N=C(\C)C1=CC[C@H]2[C@@H]3CC=C4C[C@@H](OC(C)=O)CC[C@]4(C)[C@H]3CC[C@]12C. The number of nitrogens with zero attached hydrogens (tertiary/aromatic N) is 1. The zero-order valence-electron chi connectivity index (χ0n) is 20.2. The van der Waals surface area contributed by atoms with Gasteiger partial charge in [-0.25, -0.2) is 10.2 Å². The van der Waals surface area contributed by atoms with Gasteiger partial charge in [0.1, 0.15) is 6.10 Å². The molecule has 0 aliphatic heterocycles. The molecule has 0 radical (unpaired) electrons. The van der Waals surface area contributed by atoms with Gasteiger partial charge in [-0.15, -0.1) is 0 Å². The van der Waals surface area contributed by atoms with Crippen LogP contribution in [0.4, 0.5) is 4.79 Å². The molecular weight excluding hydrogens is 404 g/mol. The summed E-state index contributed by atoms with van der Waals surface area (Å²) in [5, 5.41) is 4.35. The smallest absolute Gasteiger partial charge is 0.427 e. The lowest BCUT2D eigenvalue weighted by molar-refractivity contribution is -0.148. The Hall–Kier alpha value is -2.11. The maximum atomic E-state index is 11.7. The van der Waals surface area contributed by atoms with E-state index in [4.69, 9.17) is 9.47 Å². The van der Waals surface area contributed by atoms with Gasteiger partial charge in [0.05, 0.1) is 12.3 Å². The quantitative estimate of drug-likeness (QED) is 0.268. The molecule has 0 aromatic rings. The van der Waals surface area contributed by atoms with Crippen LogP contribution >= 0.6 is 0 Å². The van der Waals surface area contributed by atoms with Gasteiger partial charge in [-0.3, -0.25) is 4.79 Å². The van der Waals surface area contributed by atoms with E-state index in [0.717, 1.165) is 44.2 Å². The molecule has 4 aliphatic rings. The minimum absolute atomic E-state index is 0.0442. The summed E-state index contributed by atoms with van der Waals surface area (Å²) in [7, 11) is 0. The van der Waals surface area contributed by atoms with E-state index in [2.05, 4.69) is 36.5 Å². The molecule has 6 atom stereocenters. The Bertz CT molecular complexity index is 875. The summed E-state index contributed by atoms with van der Waals surface area (Å²) in [6.07, 6.45) is 11.9. The third-order valence-electron chi connectivity index (χ3n) is 8.95. The van der Waals surface area contributed by atoms with E-state index in [1.165, 1.54) is 24.5 Å². The Balaban J connectivity index is 1.51. The number of nitrogens with one attached hydrogen (secondary N) is 1. The number of hydrazone groups is 1. The molecule has 0 unspecified atom stereocenters. The zero-order chi connectivity index (χ0) is 23.1. The lowest BCUT2D eigenvalue weighted by atomic mass is 9.47. The number of fused-ring (bicyclic) bond motifs is 5. The highest BCUT2D eigenvalue weighted by Gasteiger charge is 2.57. The van der Waals surface area contributed by atoms with Crippen LogP contribution < -0.4 is 5.43 Å². The van der Waals surface area contributed by atoms with Crippen LogP contribution in [0.5, 0.6) is 0 Å². The first-order chi connectivity index (χ1) is 15.2. The number of amides is 1. The van der Waals surface area contributed by atoms with Crippen LogP contribution in [0, 0.1) is 28.6 Å². The highest BCUT2D eigenvalue weighted by Crippen LogP contribution is 2.65. The van der Waals surface area contributed by atoms with Gasteiger partial charge in [0.2, 0.25) is 0 Å². The molecule has 32 heavy (non-hydrogen) atoms. The summed E-state index contributed by atoms with van der Waals surface area (Å²) in [4.78, 5) is 23.1. The van der Waals surface area contributed by atoms with Crippen LogP contribution in [0.25, 0.3) is 0 Å². The molecule has 2 fully saturated rings. The average molecular weight is 443 g/mol. The molecule has 0 aromatic heterocycles.